The summed E-state index contributed by atoms with van der Waals surface area (Å²) in [6.07, 6.45) is 0.129. The molecule has 2 fully saturated rings. The van der Waals surface area contributed by atoms with Crippen LogP contribution in [0.25, 0.3) is 10.1 Å². The van der Waals surface area contributed by atoms with E-state index < -0.39 is 0 Å². The van der Waals surface area contributed by atoms with Crippen molar-refractivity contribution in [3.05, 3.63) is 24.3 Å². The average Bonchev–Trinajstić information content (AvgIpc) is 3.07. The van der Waals surface area contributed by atoms with E-state index in [0.29, 0.717) is 13.2 Å². The van der Waals surface area contributed by atoms with Crippen LogP contribution in [0.15, 0.2) is 24.3 Å². The Kier molecular flexibility index (Phi) is 4.87. The van der Waals surface area contributed by atoms with Crippen LogP contribution in [0.4, 0.5) is 5.82 Å². The Hall–Kier alpha value is -1.70. The molecule has 1 aromatic heterocycles. The molecule has 0 bridgehead atoms. The van der Waals surface area contributed by atoms with Crippen molar-refractivity contribution in [3.63, 3.8) is 0 Å². The monoisotopic (exact) mass is 360 g/mol. The number of morpholine rings is 1. The summed E-state index contributed by atoms with van der Waals surface area (Å²) in [5.74, 6) is 1.27. The fraction of sp³-hybridized carbons (Fsp3) is 0.556. The van der Waals surface area contributed by atoms with Gasteiger partial charge in [0.15, 0.2) is 0 Å². The first-order valence-electron chi connectivity index (χ1n) is 8.89. The van der Waals surface area contributed by atoms with E-state index in [-0.39, 0.29) is 12.0 Å². The number of benzene rings is 1. The predicted molar refractivity (Wildman–Crippen MR) is 100 cm³/mol. The number of fused-ring (bicyclic) bond motifs is 1. The van der Waals surface area contributed by atoms with Crippen LogP contribution in [-0.2, 0) is 9.53 Å². The van der Waals surface area contributed by atoms with Crippen molar-refractivity contribution in [2.24, 2.45) is 0 Å². The van der Waals surface area contributed by atoms with Crippen molar-refractivity contribution in [2.75, 3.05) is 57.3 Å². The second kappa shape index (κ2) is 7.27. The van der Waals surface area contributed by atoms with Gasteiger partial charge in [-0.25, -0.2) is 0 Å². The molecule has 3 heterocycles. The Morgan fingerprint density at radius 3 is 2.84 bits per heavy atom. The smallest absolute Gasteiger partial charge is 0.219 e. The van der Waals surface area contributed by atoms with E-state index >= 15 is 0 Å². The first-order valence-corrected chi connectivity index (χ1v) is 9.67. The van der Waals surface area contributed by atoms with Crippen molar-refractivity contribution < 1.29 is 9.53 Å². The zero-order valence-corrected chi connectivity index (χ0v) is 15.4. The van der Waals surface area contributed by atoms with Gasteiger partial charge in [-0.3, -0.25) is 9.69 Å². The van der Waals surface area contributed by atoms with Crippen LogP contribution in [0.1, 0.15) is 6.92 Å². The molecule has 0 radical (unpaired) electrons. The van der Waals surface area contributed by atoms with E-state index in [9.17, 15) is 4.79 Å². The molecule has 2 aliphatic heterocycles. The maximum Gasteiger partial charge on any atom is 0.219 e. The molecule has 2 aliphatic rings. The largest absolute Gasteiger partial charge is 0.373 e. The van der Waals surface area contributed by atoms with Gasteiger partial charge >= 0.3 is 0 Å². The number of carbonyl (C=O) groups excluding carboxylic acids is 1. The fourth-order valence-corrected chi connectivity index (χ4v) is 4.44. The van der Waals surface area contributed by atoms with Crippen LogP contribution in [0, 0.1) is 0 Å². The maximum absolute atomic E-state index is 11.6. The second-order valence-corrected chi connectivity index (χ2v) is 7.55. The van der Waals surface area contributed by atoms with Crippen LogP contribution in [0.2, 0.25) is 0 Å². The summed E-state index contributed by atoms with van der Waals surface area (Å²) in [6.45, 7) is 8.60. The number of carbonyl (C=O) groups is 1. The maximum atomic E-state index is 11.6. The molecule has 1 aromatic carbocycles. The molecular formula is C18H24N4O2S. The zero-order chi connectivity index (χ0) is 17.2. The Labute approximate surface area is 152 Å². The highest BCUT2D eigenvalue weighted by atomic mass is 32.1. The number of hydrogen-bond donors (Lipinski definition) is 0. The van der Waals surface area contributed by atoms with Gasteiger partial charge in [-0.1, -0.05) is 12.1 Å². The molecule has 0 aliphatic carbocycles. The minimum atomic E-state index is 0.129. The minimum Gasteiger partial charge on any atom is -0.373 e. The molecule has 1 amide bonds. The van der Waals surface area contributed by atoms with Gasteiger partial charge in [0.25, 0.3) is 0 Å². The summed E-state index contributed by atoms with van der Waals surface area (Å²) >= 11 is 1.58. The minimum absolute atomic E-state index is 0.129. The van der Waals surface area contributed by atoms with Gasteiger partial charge in [0.05, 0.1) is 17.4 Å². The van der Waals surface area contributed by atoms with Crippen LogP contribution < -0.4 is 4.90 Å². The summed E-state index contributed by atoms with van der Waals surface area (Å²) in [7, 11) is 0. The van der Waals surface area contributed by atoms with Gasteiger partial charge in [-0.15, -0.1) is 0 Å². The van der Waals surface area contributed by atoms with E-state index in [2.05, 4.69) is 38.4 Å². The molecule has 0 saturated carbocycles. The van der Waals surface area contributed by atoms with Crippen LogP contribution in [0.5, 0.6) is 0 Å². The van der Waals surface area contributed by atoms with Crippen molar-refractivity contribution in [1.82, 2.24) is 14.2 Å². The molecule has 2 saturated heterocycles. The lowest BCUT2D eigenvalue weighted by molar-refractivity contribution is -0.137. The number of hydrogen-bond acceptors (Lipinski definition) is 6. The summed E-state index contributed by atoms with van der Waals surface area (Å²) in [5, 5.41) is 1.26. The number of rotatable bonds is 3. The lowest BCUT2D eigenvalue weighted by atomic mass is 10.2. The standard InChI is InChI=1S/C18H24N4O2S/c1-14(23)22-10-11-24-15(13-22)12-20-6-8-21(9-7-20)18-16-4-2-3-5-17(16)25-19-18/h2-5,15H,6-13H2,1H3. The quantitative estimate of drug-likeness (QED) is 0.833. The molecule has 0 spiro atoms. The Balaban J connectivity index is 1.33. The molecule has 25 heavy (non-hydrogen) atoms. The third-order valence-electron chi connectivity index (χ3n) is 5.08. The highest BCUT2D eigenvalue weighted by molar-refractivity contribution is 7.13. The molecule has 0 N–H and O–H groups in total. The number of nitrogens with zero attached hydrogens (tertiary/aromatic N) is 4. The summed E-state index contributed by atoms with van der Waals surface area (Å²) in [6, 6.07) is 8.44. The van der Waals surface area contributed by atoms with Crippen LogP contribution in [0.3, 0.4) is 0 Å². The van der Waals surface area contributed by atoms with Gasteiger partial charge in [0, 0.05) is 58.1 Å². The number of anilines is 1. The third kappa shape index (κ3) is 3.63. The van der Waals surface area contributed by atoms with Crippen molar-refractivity contribution in [1.29, 1.82) is 0 Å². The average molecular weight is 360 g/mol. The van der Waals surface area contributed by atoms with Gasteiger partial charge in [0.1, 0.15) is 5.82 Å². The highest BCUT2D eigenvalue weighted by Crippen LogP contribution is 2.29. The van der Waals surface area contributed by atoms with E-state index in [1.807, 2.05) is 4.90 Å². The van der Waals surface area contributed by atoms with E-state index in [0.717, 1.165) is 45.1 Å². The van der Waals surface area contributed by atoms with Crippen molar-refractivity contribution in [2.45, 2.75) is 13.0 Å². The molecule has 6 nitrogen and oxygen atoms in total. The third-order valence-corrected chi connectivity index (χ3v) is 5.89. The normalized spacial score (nSPS) is 22.5. The van der Waals surface area contributed by atoms with E-state index in [1.54, 1.807) is 18.5 Å². The summed E-state index contributed by atoms with van der Waals surface area (Å²) in [5.41, 5.74) is 0. The van der Waals surface area contributed by atoms with Crippen molar-refractivity contribution in [3.8, 4) is 0 Å². The Bertz CT molecular complexity index is 742. The van der Waals surface area contributed by atoms with Gasteiger partial charge < -0.3 is 14.5 Å². The highest BCUT2D eigenvalue weighted by Gasteiger charge is 2.26. The van der Waals surface area contributed by atoms with Gasteiger partial charge in [0.2, 0.25) is 5.91 Å². The van der Waals surface area contributed by atoms with E-state index in [4.69, 9.17) is 4.74 Å². The van der Waals surface area contributed by atoms with E-state index in [1.165, 1.54) is 10.1 Å². The van der Waals surface area contributed by atoms with Crippen LogP contribution in [-0.4, -0.2) is 78.6 Å². The Morgan fingerprint density at radius 2 is 2.04 bits per heavy atom. The summed E-state index contributed by atoms with van der Waals surface area (Å²) in [4.78, 5) is 18.3. The SMILES string of the molecule is CC(=O)N1CCOC(CN2CCN(c3nsc4ccccc34)CC2)C1. The fourth-order valence-electron chi connectivity index (χ4n) is 3.65. The zero-order valence-electron chi connectivity index (χ0n) is 14.6. The number of aromatic nitrogens is 1. The Morgan fingerprint density at radius 1 is 1.24 bits per heavy atom. The summed E-state index contributed by atoms with van der Waals surface area (Å²) < 4.78 is 11.8. The number of ether oxygens (including phenoxy) is 1. The molecule has 134 valence electrons. The molecule has 2 aromatic rings. The van der Waals surface area contributed by atoms with Crippen molar-refractivity contribution >= 4 is 33.3 Å². The predicted octanol–water partition coefficient (Wildman–Crippen LogP) is 1.67. The second-order valence-electron chi connectivity index (χ2n) is 6.75. The molecule has 4 rings (SSSR count). The molecule has 7 heteroatoms. The lowest BCUT2D eigenvalue weighted by Gasteiger charge is -2.39. The molecular weight excluding hydrogens is 336 g/mol. The van der Waals surface area contributed by atoms with Gasteiger partial charge in [-0.05, 0) is 23.7 Å². The topological polar surface area (TPSA) is 48.9 Å². The molecule has 1 atom stereocenters. The number of amides is 1. The van der Waals surface area contributed by atoms with Gasteiger partial charge in [-0.2, -0.15) is 4.37 Å². The van der Waals surface area contributed by atoms with Crippen LogP contribution >= 0.6 is 11.5 Å². The first-order chi connectivity index (χ1) is 12.2. The molecule has 1 unspecified atom stereocenters. The number of piperazine rings is 1. The lowest BCUT2D eigenvalue weighted by Crippen LogP contribution is -2.53. The first kappa shape index (κ1) is 16.8.